The summed E-state index contributed by atoms with van der Waals surface area (Å²) in [7, 11) is 0. The van der Waals surface area contributed by atoms with E-state index in [0.29, 0.717) is 11.3 Å². The Kier molecular flexibility index (Phi) is 10.3. The van der Waals surface area contributed by atoms with E-state index >= 15 is 0 Å². The fourth-order valence-corrected chi connectivity index (χ4v) is 3.02. The molecule has 0 atom stereocenters. The third kappa shape index (κ3) is 6.21. The first-order valence-corrected chi connectivity index (χ1v) is 8.01. The Balaban J connectivity index is 0.00000242. The molecule has 0 aliphatic carbocycles. The van der Waals surface area contributed by atoms with E-state index in [1.165, 1.54) is 0 Å². The Bertz CT molecular complexity index is 473. The first-order valence-electron chi connectivity index (χ1n) is 8.01. The number of halogens is 2. The van der Waals surface area contributed by atoms with Crippen molar-refractivity contribution >= 4 is 36.4 Å². The molecule has 1 saturated heterocycles. The summed E-state index contributed by atoms with van der Waals surface area (Å²) < 4.78 is 0. The van der Waals surface area contributed by atoms with Gasteiger partial charge < -0.3 is 15.5 Å². The summed E-state index contributed by atoms with van der Waals surface area (Å²) in [5.41, 5.74) is 7.11. The van der Waals surface area contributed by atoms with Crippen molar-refractivity contribution < 1.29 is 4.79 Å². The van der Waals surface area contributed by atoms with Gasteiger partial charge in [0.2, 0.25) is 0 Å². The number of hydrogen-bond donors (Lipinski definition) is 1. The zero-order chi connectivity index (χ0) is 15.2. The highest BCUT2D eigenvalue weighted by Gasteiger charge is 2.24. The van der Waals surface area contributed by atoms with Crippen LogP contribution in [0.25, 0.3) is 0 Å². The lowest BCUT2D eigenvalue weighted by molar-refractivity contribution is 0.0669. The van der Waals surface area contributed by atoms with E-state index in [9.17, 15) is 4.79 Å². The van der Waals surface area contributed by atoms with Crippen molar-refractivity contribution in [2.45, 2.75) is 26.7 Å². The Hall–Kier alpha value is -0.970. The van der Waals surface area contributed by atoms with Crippen LogP contribution >= 0.6 is 24.8 Å². The SMILES string of the molecule is CCN(CC)CC1CCN(C(=O)c2cccc(N)c2)CC1.Cl.Cl. The molecule has 0 unspecified atom stereocenters. The number of piperidine rings is 1. The molecule has 1 aliphatic heterocycles. The monoisotopic (exact) mass is 361 g/mol. The highest BCUT2D eigenvalue weighted by atomic mass is 35.5. The zero-order valence-electron chi connectivity index (χ0n) is 14.0. The second-order valence-corrected chi connectivity index (χ2v) is 5.85. The van der Waals surface area contributed by atoms with Crippen LogP contribution in [0, 0.1) is 5.92 Å². The summed E-state index contributed by atoms with van der Waals surface area (Å²) >= 11 is 0. The van der Waals surface area contributed by atoms with Gasteiger partial charge in [-0.15, -0.1) is 24.8 Å². The highest BCUT2D eigenvalue weighted by Crippen LogP contribution is 2.20. The molecule has 0 radical (unpaired) electrons. The summed E-state index contributed by atoms with van der Waals surface area (Å²) in [6, 6.07) is 7.27. The minimum Gasteiger partial charge on any atom is -0.399 e. The van der Waals surface area contributed by atoms with Gasteiger partial charge in [-0.3, -0.25) is 4.79 Å². The van der Waals surface area contributed by atoms with Gasteiger partial charge in [-0.25, -0.2) is 0 Å². The molecule has 2 rings (SSSR count). The Morgan fingerprint density at radius 3 is 2.35 bits per heavy atom. The molecule has 1 aromatic carbocycles. The van der Waals surface area contributed by atoms with Crippen LogP contribution in [0.1, 0.15) is 37.0 Å². The van der Waals surface area contributed by atoms with Crippen LogP contribution in [0.4, 0.5) is 5.69 Å². The molecule has 0 saturated carbocycles. The predicted octanol–water partition coefficient (Wildman–Crippen LogP) is 3.31. The number of nitrogen functional groups attached to an aromatic ring is 1. The van der Waals surface area contributed by atoms with Gasteiger partial charge in [-0.2, -0.15) is 0 Å². The fraction of sp³-hybridized carbons (Fsp3) is 0.588. The second-order valence-electron chi connectivity index (χ2n) is 5.85. The Morgan fingerprint density at radius 2 is 1.83 bits per heavy atom. The number of nitrogens with zero attached hydrogens (tertiary/aromatic N) is 2. The average molecular weight is 362 g/mol. The van der Waals surface area contributed by atoms with Gasteiger partial charge >= 0.3 is 0 Å². The number of hydrogen-bond acceptors (Lipinski definition) is 3. The molecule has 1 fully saturated rings. The van der Waals surface area contributed by atoms with E-state index in [2.05, 4.69) is 18.7 Å². The largest absolute Gasteiger partial charge is 0.399 e. The maximum atomic E-state index is 12.5. The van der Waals surface area contributed by atoms with Crippen LogP contribution in [0.15, 0.2) is 24.3 Å². The van der Waals surface area contributed by atoms with Crippen molar-refractivity contribution in [1.82, 2.24) is 9.80 Å². The Morgan fingerprint density at radius 1 is 1.22 bits per heavy atom. The lowest BCUT2D eigenvalue weighted by Crippen LogP contribution is -2.41. The molecule has 1 aliphatic rings. The van der Waals surface area contributed by atoms with E-state index in [0.717, 1.165) is 51.5 Å². The maximum Gasteiger partial charge on any atom is 0.253 e. The molecular weight excluding hydrogens is 333 g/mol. The predicted molar refractivity (Wildman–Crippen MR) is 102 cm³/mol. The van der Waals surface area contributed by atoms with Crippen LogP contribution in [0.2, 0.25) is 0 Å². The van der Waals surface area contributed by atoms with Crippen molar-refractivity contribution in [3.63, 3.8) is 0 Å². The number of anilines is 1. The molecule has 6 heteroatoms. The topological polar surface area (TPSA) is 49.6 Å². The van der Waals surface area contributed by atoms with Gasteiger partial charge in [0, 0.05) is 30.9 Å². The first kappa shape index (κ1) is 22.0. The second kappa shape index (κ2) is 10.7. The quantitative estimate of drug-likeness (QED) is 0.818. The smallest absolute Gasteiger partial charge is 0.253 e. The van der Waals surface area contributed by atoms with Crippen molar-refractivity contribution in [2.75, 3.05) is 38.5 Å². The average Bonchev–Trinajstić information content (AvgIpc) is 2.52. The van der Waals surface area contributed by atoms with E-state index in [4.69, 9.17) is 5.73 Å². The molecule has 23 heavy (non-hydrogen) atoms. The normalized spacial score (nSPS) is 15.0. The highest BCUT2D eigenvalue weighted by molar-refractivity contribution is 5.95. The first-order chi connectivity index (χ1) is 10.1. The summed E-state index contributed by atoms with van der Waals surface area (Å²) in [6.45, 7) is 9.52. The molecule has 132 valence electrons. The van der Waals surface area contributed by atoms with Crippen molar-refractivity contribution in [2.24, 2.45) is 5.92 Å². The minimum absolute atomic E-state index is 0. The van der Waals surface area contributed by atoms with Crippen molar-refractivity contribution in [1.29, 1.82) is 0 Å². The van der Waals surface area contributed by atoms with Crippen LogP contribution in [0.5, 0.6) is 0 Å². The summed E-state index contributed by atoms with van der Waals surface area (Å²) in [5, 5.41) is 0. The number of likely N-dealkylation sites (tertiary alicyclic amines) is 1. The van der Waals surface area contributed by atoms with Gasteiger partial charge in [0.15, 0.2) is 0 Å². The number of benzene rings is 1. The molecule has 1 aromatic rings. The molecule has 0 bridgehead atoms. The lowest BCUT2D eigenvalue weighted by Gasteiger charge is -2.34. The fourth-order valence-electron chi connectivity index (χ4n) is 3.02. The van der Waals surface area contributed by atoms with Gasteiger partial charge in [-0.1, -0.05) is 19.9 Å². The molecule has 0 aromatic heterocycles. The lowest BCUT2D eigenvalue weighted by atomic mass is 9.95. The number of carbonyl (C=O) groups excluding carboxylic acids is 1. The maximum absolute atomic E-state index is 12.5. The standard InChI is InChI=1S/C17H27N3O.2ClH/c1-3-19(4-2)13-14-8-10-20(11-9-14)17(21)15-6-5-7-16(18)12-15;;/h5-7,12,14H,3-4,8-11,13,18H2,1-2H3;2*1H. The summed E-state index contributed by atoms with van der Waals surface area (Å²) in [6.07, 6.45) is 2.20. The third-order valence-corrected chi connectivity index (χ3v) is 4.45. The van der Waals surface area contributed by atoms with Crippen LogP contribution in [-0.2, 0) is 0 Å². The number of amides is 1. The molecule has 2 N–H and O–H groups in total. The molecule has 1 heterocycles. The van der Waals surface area contributed by atoms with Gasteiger partial charge in [0.05, 0.1) is 0 Å². The molecular formula is C17H29Cl2N3O. The number of carbonyl (C=O) groups is 1. The third-order valence-electron chi connectivity index (χ3n) is 4.45. The van der Waals surface area contributed by atoms with Crippen molar-refractivity contribution in [3.05, 3.63) is 29.8 Å². The number of nitrogens with two attached hydrogens (primary N) is 1. The Labute approximate surface area is 152 Å². The van der Waals surface area contributed by atoms with E-state index in [-0.39, 0.29) is 30.7 Å². The van der Waals surface area contributed by atoms with Crippen molar-refractivity contribution in [3.8, 4) is 0 Å². The molecule has 1 amide bonds. The van der Waals surface area contributed by atoms with Gasteiger partial charge in [-0.05, 0) is 50.0 Å². The van der Waals surface area contributed by atoms with E-state index in [1.807, 2.05) is 23.1 Å². The van der Waals surface area contributed by atoms with Gasteiger partial charge in [0.1, 0.15) is 0 Å². The summed E-state index contributed by atoms with van der Waals surface area (Å²) in [4.78, 5) is 16.9. The van der Waals surface area contributed by atoms with E-state index in [1.54, 1.807) is 6.07 Å². The summed E-state index contributed by atoms with van der Waals surface area (Å²) in [5.74, 6) is 0.832. The minimum atomic E-state index is 0. The van der Waals surface area contributed by atoms with Gasteiger partial charge in [0.25, 0.3) is 5.91 Å². The molecule has 4 nitrogen and oxygen atoms in total. The van der Waals surface area contributed by atoms with Crippen LogP contribution in [0.3, 0.4) is 0 Å². The van der Waals surface area contributed by atoms with Crippen LogP contribution < -0.4 is 5.73 Å². The van der Waals surface area contributed by atoms with Crippen LogP contribution in [-0.4, -0.2) is 48.4 Å². The number of rotatable bonds is 5. The van der Waals surface area contributed by atoms with E-state index < -0.39 is 0 Å². The molecule has 0 spiro atoms. The zero-order valence-corrected chi connectivity index (χ0v) is 15.7.